The summed E-state index contributed by atoms with van der Waals surface area (Å²) in [5, 5.41) is 5.54. The molecule has 4 fully saturated rings. The summed E-state index contributed by atoms with van der Waals surface area (Å²) in [7, 11) is 0.499. The highest BCUT2D eigenvalue weighted by atomic mass is 19.1. The molecule has 14 heteroatoms. The zero-order chi connectivity index (χ0) is 41.5. The van der Waals surface area contributed by atoms with Gasteiger partial charge in [-0.25, -0.2) is 14.0 Å². The number of carbonyl (C=O) groups excluding carboxylic acids is 3. The number of amides is 2. The molecular weight excluding hydrogens is 732 g/mol. The van der Waals surface area contributed by atoms with E-state index in [4.69, 9.17) is 28.3 Å². The molecule has 2 bridgehead atoms. The number of nitrogens with one attached hydrogen (secondary N) is 2. The van der Waals surface area contributed by atoms with Gasteiger partial charge in [0.05, 0.1) is 31.0 Å². The number of aromatic nitrogens is 1. The standard InChI is InChI=1S/C43H55BFN3O9/c1-40(2,3)54-38(50)29-18-14-17-26(36(29)52-10)19-33(44-56-32-21-27-20-31(42(27,7)8)43(32,9)57-44)47-37(49)35(48-39(51)55-41(4,5)6)34-30(45)22-28(23-46-34)53-24-25-15-12-11-13-16-25/h11-18,22-23,27,31-33,35H,19-21,24H2,1-10H3,(H,47,49)(H,48,51)/t27-,31-,32+,33-,35?,43-/m0/s1. The number of hydrogen-bond donors (Lipinski definition) is 2. The van der Waals surface area contributed by atoms with Crippen LogP contribution in [0.2, 0.25) is 0 Å². The SMILES string of the molecule is COc1c(C[C@H](NC(=O)C(NC(=O)OC(C)(C)C)c2ncc(OCc3ccccc3)cc2F)B2O[C@@H]3C[C@@H]4C[C@@H](C4(C)C)[C@]3(C)O2)cccc1C(=O)OC(C)(C)C. The number of pyridine rings is 1. The summed E-state index contributed by atoms with van der Waals surface area (Å²) >= 11 is 0. The molecule has 6 atom stereocenters. The first-order valence-corrected chi connectivity index (χ1v) is 19.5. The molecule has 7 rings (SSSR count). The normalized spacial score (nSPS) is 23.3. The molecule has 1 unspecified atom stereocenters. The number of carbonyl (C=O) groups is 3. The van der Waals surface area contributed by atoms with Gasteiger partial charge >= 0.3 is 19.2 Å². The second kappa shape index (κ2) is 15.9. The summed E-state index contributed by atoms with van der Waals surface area (Å²) in [4.78, 5) is 45.4. The van der Waals surface area contributed by atoms with Crippen LogP contribution in [0.15, 0.2) is 60.8 Å². The fraction of sp³-hybridized carbons (Fsp3) is 0.535. The highest BCUT2D eigenvalue weighted by Gasteiger charge is 2.68. The third-order valence-corrected chi connectivity index (χ3v) is 11.3. The Kier molecular flexibility index (Phi) is 11.7. The summed E-state index contributed by atoms with van der Waals surface area (Å²) in [6.45, 7) is 17.1. The quantitative estimate of drug-likeness (QED) is 0.142. The van der Waals surface area contributed by atoms with Crippen LogP contribution in [0.5, 0.6) is 11.5 Å². The van der Waals surface area contributed by atoms with Gasteiger partial charge in [-0.1, -0.05) is 56.3 Å². The third kappa shape index (κ3) is 9.22. The number of methoxy groups -OCH3 is 1. The van der Waals surface area contributed by atoms with E-state index in [1.165, 1.54) is 13.3 Å². The van der Waals surface area contributed by atoms with Crippen LogP contribution in [0, 0.1) is 23.1 Å². The lowest BCUT2D eigenvalue weighted by Crippen LogP contribution is -2.65. The maximum Gasteiger partial charge on any atom is 0.482 e. The number of benzene rings is 2. The van der Waals surface area contributed by atoms with Crippen LogP contribution in [0.25, 0.3) is 0 Å². The Hall–Kier alpha value is -4.69. The molecular formula is C43H55BFN3O9. The number of hydrogen-bond acceptors (Lipinski definition) is 10. The molecule has 0 spiro atoms. The Balaban J connectivity index is 1.33. The van der Waals surface area contributed by atoms with Gasteiger partial charge < -0.3 is 38.9 Å². The first-order chi connectivity index (χ1) is 26.7. The maximum atomic E-state index is 16.0. The van der Waals surface area contributed by atoms with Gasteiger partial charge in [-0.15, -0.1) is 0 Å². The Morgan fingerprint density at radius 3 is 2.30 bits per heavy atom. The van der Waals surface area contributed by atoms with E-state index in [0.29, 0.717) is 11.5 Å². The molecule has 12 nitrogen and oxygen atoms in total. The molecule has 1 aromatic heterocycles. The average molecular weight is 788 g/mol. The highest BCUT2D eigenvalue weighted by molar-refractivity contribution is 6.48. The minimum Gasteiger partial charge on any atom is -0.496 e. The molecule has 2 amide bonds. The molecule has 57 heavy (non-hydrogen) atoms. The number of para-hydroxylation sites is 1. The Labute approximate surface area is 335 Å². The lowest BCUT2D eigenvalue weighted by atomic mass is 9.43. The third-order valence-electron chi connectivity index (χ3n) is 11.3. The van der Waals surface area contributed by atoms with Crippen LogP contribution in [-0.2, 0) is 36.6 Å². The largest absolute Gasteiger partial charge is 0.496 e. The van der Waals surface area contributed by atoms with Crippen molar-refractivity contribution in [3.8, 4) is 11.5 Å². The van der Waals surface area contributed by atoms with E-state index in [1.807, 2.05) is 30.3 Å². The zero-order valence-electron chi connectivity index (χ0n) is 34.6. The summed E-state index contributed by atoms with van der Waals surface area (Å²) in [5.41, 5.74) is -0.981. The molecule has 3 saturated carbocycles. The molecule has 2 N–H and O–H groups in total. The van der Waals surface area contributed by atoms with Gasteiger partial charge in [0, 0.05) is 6.07 Å². The molecule has 0 radical (unpaired) electrons. The van der Waals surface area contributed by atoms with Crippen molar-refractivity contribution in [3.63, 3.8) is 0 Å². The monoisotopic (exact) mass is 787 g/mol. The van der Waals surface area contributed by atoms with Crippen LogP contribution < -0.4 is 20.1 Å². The Morgan fingerprint density at radius 2 is 1.67 bits per heavy atom. The van der Waals surface area contributed by atoms with Gasteiger partial charge in [0.15, 0.2) is 11.9 Å². The van der Waals surface area contributed by atoms with Crippen molar-refractivity contribution in [1.29, 1.82) is 0 Å². The second-order valence-electron chi connectivity index (χ2n) is 18.0. The molecule has 3 aromatic rings. The molecule has 2 aromatic carbocycles. The predicted octanol–water partition coefficient (Wildman–Crippen LogP) is 7.32. The smallest absolute Gasteiger partial charge is 0.482 e. The second-order valence-corrected chi connectivity index (χ2v) is 18.0. The zero-order valence-corrected chi connectivity index (χ0v) is 34.6. The minimum absolute atomic E-state index is 0.0514. The van der Waals surface area contributed by atoms with Gasteiger partial charge in [-0.3, -0.25) is 9.78 Å². The lowest BCUT2D eigenvalue weighted by molar-refractivity contribution is -0.199. The molecule has 2 heterocycles. The van der Waals surface area contributed by atoms with Crippen LogP contribution in [0.4, 0.5) is 9.18 Å². The number of esters is 1. The Morgan fingerprint density at radius 1 is 0.965 bits per heavy atom. The maximum absolute atomic E-state index is 16.0. The molecule has 4 aliphatic rings. The van der Waals surface area contributed by atoms with Gasteiger partial charge in [0.25, 0.3) is 0 Å². The predicted molar refractivity (Wildman–Crippen MR) is 211 cm³/mol. The number of halogens is 1. The topological polar surface area (TPSA) is 144 Å². The van der Waals surface area contributed by atoms with Crippen molar-refractivity contribution in [2.45, 2.75) is 123 Å². The van der Waals surface area contributed by atoms with E-state index in [9.17, 15) is 14.4 Å². The van der Waals surface area contributed by atoms with Gasteiger partial charge in [-0.05, 0) is 102 Å². The number of ether oxygens (including phenoxy) is 4. The lowest BCUT2D eigenvalue weighted by Gasteiger charge is -2.64. The first-order valence-electron chi connectivity index (χ1n) is 19.5. The van der Waals surface area contributed by atoms with E-state index in [2.05, 4.69) is 36.4 Å². The van der Waals surface area contributed by atoms with Crippen molar-refractivity contribution in [1.82, 2.24) is 15.6 Å². The Bertz CT molecular complexity index is 1970. The molecule has 1 saturated heterocycles. The van der Waals surface area contributed by atoms with E-state index >= 15 is 4.39 Å². The van der Waals surface area contributed by atoms with E-state index in [-0.39, 0.29) is 53.2 Å². The van der Waals surface area contributed by atoms with Crippen LogP contribution in [0.1, 0.15) is 108 Å². The molecule has 306 valence electrons. The van der Waals surface area contributed by atoms with E-state index < -0.39 is 59.7 Å². The number of rotatable bonds is 12. The summed E-state index contributed by atoms with van der Waals surface area (Å²) < 4.78 is 52.3. The van der Waals surface area contributed by atoms with Crippen molar-refractivity contribution in [3.05, 3.63) is 89.0 Å². The molecule has 1 aliphatic heterocycles. The highest BCUT2D eigenvalue weighted by Crippen LogP contribution is 2.65. The summed E-state index contributed by atoms with van der Waals surface area (Å²) in [6.07, 6.45) is 1.99. The van der Waals surface area contributed by atoms with Crippen molar-refractivity contribution < 1.29 is 47.0 Å². The van der Waals surface area contributed by atoms with Gasteiger partial charge in [0.1, 0.15) is 40.6 Å². The van der Waals surface area contributed by atoms with Crippen LogP contribution in [-0.4, -0.2) is 66.0 Å². The van der Waals surface area contributed by atoms with E-state index in [1.54, 1.807) is 59.7 Å². The fourth-order valence-corrected chi connectivity index (χ4v) is 8.42. The fourth-order valence-electron chi connectivity index (χ4n) is 8.42. The molecule has 3 aliphatic carbocycles. The minimum atomic E-state index is -1.65. The van der Waals surface area contributed by atoms with Crippen LogP contribution in [0.3, 0.4) is 0 Å². The summed E-state index contributed by atoms with van der Waals surface area (Å²) in [6, 6.07) is 13.9. The van der Waals surface area contributed by atoms with Crippen molar-refractivity contribution in [2.24, 2.45) is 17.3 Å². The summed E-state index contributed by atoms with van der Waals surface area (Å²) in [5.74, 6) is -2.07. The van der Waals surface area contributed by atoms with Gasteiger partial charge in [0.2, 0.25) is 5.91 Å². The number of alkyl carbamates (subject to hydrolysis) is 1. The first kappa shape index (κ1) is 41.9. The van der Waals surface area contributed by atoms with Gasteiger partial charge in [-0.2, -0.15) is 0 Å². The average Bonchev–Trinajstić information content (AvgIpc) is 3.49. The number of nitrogens with zero attached hydrogens (tertiary/aromatic N) is 1. The van der Waals surface area contributed by atoms with E-state index in [0.717, 1.165) is 24.5 Å². The van der Waals surface area contributed by atoms with Crippen molar-refractivity contribution >= 4 is 25.1 Å². The van der Waals surface area contributed by atoms with Crippen molar-refractivity contribution in [2.75, 3.05) is 7.11 Å². The van der Waals surface area contributed by atoms with Crippen LogP contribution >= 0.6 is 0 Å².